The van der Waals surface area contributed by atoms with Gasteiger partial charge in [0.05, 0.1) is 17.2 Å². The van der Waals surface area contributed by atoms with E-state index in [0.717, 1.165) is 6.07 Å². The summed E-state index contributed by atoms with van der Waals surface area (Å²) in [5.74, 6) is -1.00. The van der Waals surface area contributed by atoms with Gasteiger partial charge in [0.1, 0.15) is 18.2 Å². The summed E-state index contributed by atoms with van der Waals surface area (Å²) in [5.41, 5.74) is 2.11. The third-order valence-corrected chi connectivity index (χ3v) is 3.44. The monoisotopic (exact) mass is 295 g/mol. The number of ether oxygens (including phenoxy) is 1. The molecular weight excluding hydrogens is 285 g/mol. The summed E-state index contributed by atoms with van der Waals surface area (Å²) < 4.78 is 18.8. The highest BCUT2D eigenvalue weighted by Gasteiger charge is 2.20. The molecule has 2 aromatic rings. The van der Waals surface area contributed by atoms with Crippen molar-refractivity contribution in [2.24, 2.45) is 0 Å². The number of hydrogen-bond donors (Lipinski definition) is 1. The van der Waals surface area contributed by atoms with Gasteiger partial charge in [0, 0.05) is 11.1 Å². The maximum atomic E-state index is 13.3. The largest absolute Gasteiger partial charge is 0.489 e. The highest BCUT2D eigenvalue weighted by molar-refractivity contribution is 5.92. The molecular formula is C17H10FNO3. The van der Waals surface area contributed by atoms with Gasteiger partial charge in [-0.05, 0) is 42.0 Å². The van der Waals surface area contributed by atoms with E-state index in [-0.39, 0.29) is 11.1 Å². The van der Waals surface area contributed by atoms with E-state index in [9.17, 15) is 14.4 Å². The highest BCUT2D eigenvalue weighted by Crippen LogP contribution is 2.36. The second-order valence-electron chi connectivity index (χ2n) is 4.75. The van der Waals surface area contributed by atoms with Gasteiger partial charge in [0.2, 0.25) is 0 Å². The number of halogens is 1. The van der Waals surface area contributed by atoms with Crippen LogP contribution in [0.2, 0.25) is 0 Å². The molecule has 0 fully saturated rings. The normalized spacial score (nSPS) is 12.6. The van der Waals surface area contributed by atoms with Crippen molar-refractivity contribution < 1.29 is 19.0 Å². The zero-order chi connectivity index (χ0) is 15.7. The lowest BCUT2D eigenvalue weighted by Gasteiger charge is -2.20. The minimum absolute atomic E-state index is 0.121. The number of rotatable bonds is 2. The van der Waals surface area contributed by atoms with Crippen molar-refractivity contribution in [2.45, 2.75) is 0 Å². The smallest absolute Gasteiger partial charge is 0.335 e. The second kappa shape index (κ2) is 5.34. The average molecular weight is 295 g/mol. The predicted octanol–water partition coefficient (Wildman–Crippen LogP) is 3.22. The molecule has 0 unspecified atom stereocenters. The van der Waals surface area contributed by atoms with E-state index in [0.29, 0.717) is 29.1 Å². The first-order chi connectivity index (χ1) is 10.6. The third kappa shape index (κ3) is 2.31. The van der Waals surface area contributed by atoms with Crippen LogP contribution < -0.4 is 4.74 Å². The zero-order valence-electron chi connectivity index (χ0n) is 11.3. The van der Waals surface area contributed by atoms with Gasteiger partial charge < -0.3 is 9.84 Å². The molecule has 22 heavy (non-hydrogen) atoms. The molecule has 0 amide bonds. The topological polar surface area (TPSA) is 70.3 Å². The van der Waals surface area contributed by atoms with E-state index >= 15 is 0 Å². The molecule has 0 saturated heterocycles. The maximum absolute atomic E-state index is 13.3. The van der Waals surface area contributed by atoms with Gasteiger partial charge in [-0.1, -0.05) is 6.07 Å². The van der Waals surface area contributed by atoms with E-state index in [1.165, 1.54) is 24.3 Å². The van der Waals surface area contributed by atoms with Crippen LogP contribution in [-0.2, 0) is 0 Å². The van der Waals surface area contributed by atoms with Crippen molar-refractivity contribution in [3.8, 4) is 11.8 Å². The molecule has 0 aliphatic carbocycles. The number of carboxylic acid groups (broad SMARTS) is 1. The Bertz CT molecular complexity index is 849. The first-order valence-corrected chi connectivity index (χ1v) is 6.51. The Kier molecular flexibility index (Phi) is 3.36. The minimum atomic E-state index is -1.05. The molecule has 5 heteroatoms. The molecule has 1 N–H and O–H groups in total. The number of carbonyl (C=O) groups is 1. The number of aromatic carboxylic acids is 1. The van der Waals surface area contributed by atoms with Crippen molar-refractivity contribution in [1.29, 1.82) is 5.26 Å². The molecule has 108 valence electrons. The Hall–Kier alpha value is -3.13. The summed E-state index contributed by atoms with van der Waals surface area (Å²) in [6, 6.07) is 10.4. The molecule has 3 rings (SSSR count). The lowest BCUT2D eigenvalue weighted by molar-refractivity contribution is 0.0697. The van der Waals surface area contributed by atoms with Crippen molar-refractivity contribution in [1.82, 2.24) is 0 Å². The summed E-state index contributed by atoms with van der Waals surface area (Å²) >= 11 is 0. The zero-order valence-corrected chi connectivity index (χ0v) is 11.3. The molecule has 1 aliphatic heterocycles. The second-order valence-corrected chi connectivity index (χ2v) is 4.75. The summed E-state index contributed by atoms with van der Waals surface area (Å²) in [6.07, 6.45) is 1.75. The first kappa shape index (κ1) is 13.8. The fourth-order valence-electron chi connectivity index (χ4n) is 2.42. The van der Waals surface area contributed by atoms with E-state index in [1.54, 1.807) is 12.1 Å². The number of carboxylic acids is 1. The summed E-state index contributed by atoms with van der Waals surface area (Å²) in [7, 11) is 0. The van der Waals surface area contributed by atoms with E-state index in [1.807, 2.05) is 6.07 Å². The first-order valence-electron chi connectivity index (χ1n) is 6.51. The molecule has 0 bridgehead atoms. The lowest BCUT2D eigenvalue weighted by Crippen LogP contribution is -2.08. The van der Waals surface area contributed by atoms with E-state index in [4.69, 9.17) is 9.84 Å². The standard InChI is InChI=1S/C17H10FNO3/c18-12-2-3-13(11(7-12)9-19)14-5-6-22-16-4-1-10(17(20)21)8-15(14)16/h1-5,7-8H,6H2,(H,20,21). The van der Waals surface area contributed by atoms with Crippen LogP contribution in [0.15, 0.2) is 42.5 Å². The van der Waals surface area contributed by atoms with Crippen molar-refractivity contribution in [2.75, 3.05) is 6.61 Å². The van der Waals surface area contributed by atoms with E-state index < -0.39 is 11.8 Å². The van der Waals surface area contributed by atoms with Crippen LogP contribution in [0.5, 0.6) is 5.75 Å². The van der Waals surface area contributed by atoms with Gasteiger partial charge in [-0.2, -0.15) is 5.26 Å². The summed E-state index contributed by atoms with van der Waals surface area (Å²) in [6.45, 7) is 0.303. The average Bonchev–Trinajstić information content (AvgIpc) is 2.53. The molecule has 0 radical (unpaired) electrons. The molecule has 0 atom stereocenters. The van der Waals surface area contributed by atoms with Gasteiger partial charge in [-0.3, -0.25) is 0 Å². The Morgan fingerprint density at radius 3 is 2.77 bits per heavy atom. The van der Waals surface area contributed by atoms with Gasteiger partial charge >= 0.3 is 5.97 Å². The molecule has 4 nitrogen and oxygen atoms in total. The summed E-state index contributed by atoms with van der Waals surface area (Å²) in [4.78, 5) is 11.1. The van der Waals surface area contributed by atoms with Crippen LogP contribution in [-0.4, -0.2) is 17.7 Å². The molecule has 0 spiro atoms. The molecule has 1 aliphatic rings. The van der Waals surface area contributed by atoms with E-state index in [2.05, 4.69) is 0 Å². The van der Waals surface area contributed by atoms with Crippen molar-refractivity contribution >= 4 is 11.5 Å². The quantitative estimate of drug-likeness (QED) is 0.923. The van der Waals surface area contributed by atoms with Gasteiger partial charge in [-0.15, -0.1) is 0 Å². The number of benzene rings is 2. The third-order valence-electron chi connectivity index (χ3n) is 3.44. The molecule has 2 aromatic carbocycles. The van der Waals surface area contributed by atoms with Crippen LogP contribution in [0.3, 0.4) is 0 Å². The lowest BCUT2D eigenvalue weighted by atomic mass is 9.91. The molecule has 1 heterocycles. The molecule has 0 aromatic heterocycles. The van der Waals surface area contributed by atoms with Gasteiger partial charge in [-0.25, -0.2) is 9.18 Å². The minimum Gasteiger partial charge on any atom is -0.489 e. The van der Waals surface area contributed by atoms with Gasteiger partial charge in [0.15, 0.2) is 0 Å². The number of nitrogens with zero attached hydrogens (tertiary/aromatic N) is 1. The fraction of sp³-hybridized carbons (Fsp3) is 0.0588. The maximum Gasteiger partial charge on any atom is 0.335 e. The number of hydrogen-bond acceptors (Lipinski definition) is 3. The Balaban J connectivity index is 2.19. The number of nitriles is 1. The molecule has 0 saturated carbocycles. The van der Waals surface area contributed by atoms with Crippen molar-refractivity contribution in [3.05, 3.63) is 70.5 Å². The highest BCUT2D eigenvalue weighted by atomic mass is 19.1. The Labute approximate surface area is 125 Å². The van der Waals surface area contributed by atoms with Crippen LogP contribution in [0.4, 0.5) is 4.39 Å². The number of fused-ring (bicyclic) bond motifs is 1. The van der Waals surface area contributed by atoms with Crippen LogP contribution >= 0.6 is 0 Å². The Morgan fingerprint density at radius 1 is 1.23 bits per heavy atom. The predicted molar refractivity (Wildman–Crippen MR) is 77.1 cm³/mol. The summed E-state index contributed by atoms with van der Waals surface area (Å²) in [5, 5.41) is 18.3. The fourth-order valence-corrected chi connectivity index (χ4v) is 2.42. The van der Waals surface area contributed by atoms with Crippen LogP contribution in [0.25, 0.3) is 5.57 Å². The SMILES string of the molecule is N#Cc1cc(F)ccc1C1=CCOc2ccc(C(=O)O)cc21. The van der Waals surface area contributed by atoms with Crippen molar-refractivity contribution in [3.63, 3.8) is 0 Å². The van der Waals surface area contributed by atoms with Crippen LogP contribution in [0, 0.1) is 17.1 Å². The van der Waals surface area contributed by atoms with Crippen LogP contribution in [0.1, 0.15) is 27.0 Å². The van der Waals surface area contributed by atoms with Gasteiger partial charge in [0.25, 0.3) is 0 Å². The Morgan fingerprint density at radius 2 is 2.05 bits per heavy atom.